The molecule has 0 aliphatic carbocycles. The number of amides is 1. The third-order valence-corrected chi connectivity index (χ3v) is 2.12. The first kappa shape index (κ1) is 10.1. The van der Waals surface area contributed by atoms with Crippen molar-refractivity contribution in [3.63, 3.8) is 0 Å². The first-order chi connectivity index (χ1) is 6.11. The number of nitrogens with zero attached hydrogens (tertiary/aromatic N) is 1. The van der Waals surface area contributed by atoms with Crippen molar-refractivity contribution in [1.82, 2.24) is 4.90 Å². The summed E-state index contributed by atoms with van der Waals surface area (Å²) in [6.07, 6.45) is 0.543. The first-order valence-electron chi connectivity index (χ1n) is 3.93. The van der Waals surface area contributed by atoms with Crippen molar-refractivity contribution in [2.75, 3.05) is 13.2 Å². The molecule has 0 saturated carbocycles. The minimum Gasteiger partial charge on any atom is -0.465 e. The first-order valence-corrected chi connectivity index (χ1v) is 4.31. The van der Waals surface area contributed by atoms with Gasteiger partial charge in [-0.25, -0.2) is 9.59 Å². The summed E-state index contributed by atoms with van der Waals surface area (Å²) in [6.45, 7) is 0.550. The van der Waals surface area contributed by atoms with Crippen LogP contribution in [0.1, 0.15) is 12.8 Å². The lowest BCUT2D eigenvalue weighted by Crippen LogP contribution is -2.37. The van der Waals surface area contributed by atoms with Crippen LogP contribution in [-0.2, 0) is 4.74 Å². The average molecular weight is 208 g/mol. The quantitative estimate of drug-likeness (QED) is 0.697. The SMILES string of the molecule is O=C(Cl)OC[C@@H]1CCCN1C(=O)O. The predicted molar refractivity (Wildman–Crippen MR) is 45.0 cm³/mol. The zero-order chi connectivity index (χ0) is 9.84. The molecule has 0 aromatic rings. The van der Waals surface area contributed by atoms with Crippen LogP contribution >= 0.6 is 11.6 Å². The fourth-order valence-electron chi connectivity index (χ4n) is 1.42. The molecule has 1 N–H and O–H groups in total. The molecule has 0 spiro atoms. The van der Waals surface area contributed by atoms with Gasteiger partial charge in [0.25, 0.3) is 0 Å². The van der Waals surface area contributed by atoms with Gasteiger partial charge >= 0.3 is 11.5 Å². The van der Waals surface area contributed by atoms with Crippen molar-refractivity contribution in [1.29, 1.82) is 0 Å². The van der Waals surface area contributed by atoms with Crippen molar-refractivity contribution < 1.29 is 19.4 Å². The number of rotatable bonds is 2. The summed E-state index contributed by atoms with van der Waals surface area (Å²) in [5.74, 6) is 0. The summed E-state index contributed by atoms with van der Waals surface area (Å²) in [5.41, 5.74) is -0.891. The minimum atomic E-state index is -0.979. The van der Waals surface area contributed by atoms with Crippen molar-refractivity contribution >= 4 is 23.1 Å². The van der Waals surface area contributed by atoms with Crippen LogP contribution in [0.2, 0.25) is 0 Å². The molecule has 6 heteroatoms. The van der Waals surface area contributed by atoms with E-state index in [4.69, 9.17) is 16.7 Å². The fourth-order valence-corrected chi connectivity index (χ4v) is 1.49. The molecule has 0 bridgehead atoms. The maximum atomic E-state index is 10.6. The van der Waals surface area contributed by atoms with Crippen LogP contribution in [-0.4, -0.2) is 40.7 Å². The van der Waals surface area contributed by atoms with Gasteiger partial charge in [0, 0.05) is 18.1 Å². The van der Waals surface area contributed by atoms with Gasteiger partial charge in [-0.1, -0.05) is 0 Å². The Morgan fingerprint density at radius 2 is 2.31 bits per heavy atom. The molecular weight excluding hydrogens is 198 g/mol. The van der Waals surface area contributed by atoms with Gasteiger partial charge in [0.1, 0.15) is 6.61 Å². The van der Waals surface area contributed by atoms with Crippen LogP contribution in [0.5, 0.6) is 0 Å². The van der Waals surface area contributed by atoms with Crippen LogP contribution < -0.4 is 0 Å². The Morgan fingerprint density at radius 1 is 1.62 bits per heavy atom. The Labute approximate surface area is 80.2 Å². The molecule has 74 valence electrons. The number of ether oxygens (including phenoxy) is 1. The Morgan fingerprint density at radius 3 is 2.85 bits per heavy atom. The summed E-state index contributed by atoms with van der Waals surface area (Å²) in [4.78, 5) is 22.1. The number of hydrogen-bond acceptors (Lipinski definition) is 3. The van der Waals surface area contributed by atoms with Crippen molar-refractivity contribution in [3.05, 3.63) is 0 Å². The lowest BCUT2D eigenvalue weighted by molar-refractivity contribution is 0.107. The Kier molecular flexibility index (Phi) is 3.36. The van der Waals surface area contributed by atoms with Crippen LogP contribution in [0.25, 0.3) is 0 Å². The predicted octanol–water partition coefficient (Wildman–Crippen LogP) is 1.50. The second kappa shape index (κ2) is 4.32. The molecule has 1 rings (SSSR count). The van der Waals surface area contributed by atoms with Gasteiger partial charge in [0.05, 0.1) is 6.04 Å². The largest absolute Gasteiger partial charge is 0.465 e. The lowest BCUT2D eigenvalue weighted by atomic mass is 10.2. The normalized spacial score (nSPS) is 21.6. The lowest BCUT2D eigenvalue weighted by Gasteiger charge is -2.20. The molecule has 0 unspecified atom stereocenters. The number of halogens is 1. The Hall–Kier alpha value is -0.970. The maximum absolute atomic E-state index is 10.6. The van der Waals surface area contributed by atoms with E-state index in [1.807, 2.05) is 0 Å². The van der Waals surface area contributed by atoms with E-state index in [-0.39, 0.29) is 12.6 Å². The maximum Gasteiger partial charge on any atom is 0.407 e. The van der Waals surface area contributed by atoms with Gasteiger partial charge in [0.15, 0.2) is 0 Å². The molecule has 0 aromatic carbocycles. The third-order valence-electron chi connectivity index (χ3n) is 2.01. The fraction of sp³-hybridized carbons (Fsp3) is 0.714. The monoisotopic (exact) mass is 207 g/mol. The Balaban J connectivity index is 2.39. The highest BCUT2D eigenvalue weighted by atomic mass is 35.5. The van der Waals surface area contributed by atoms with E-state index < -0.39 is 11.5 Å². The van der Waals surface area contributed by atoms with Crippen molar-refractivity contribution in [3.8, 4) is 0 Å². The molecule has 0 aromatic heterocycles. The number of likely N-dealkylation sites (tertiary alicyclic amines) is 1. The highest BCUT2D eigenvalue weighted by Gasteiger charge is 2.29. The van der Waals surface area contributed by atoms with E-state index in [0.29, 0.717) is 6.54 Å². The number of hydrogen-bond donors (Lipinski definition) is 1. The second-order valence-corrected chi connectivity index (χ2v) is 3.13. The highest BCUT2D eigenvalue weighted by molar-refractivity contribution is 6.61. The molecule has 1 saturated heterocycles. The van der Waals surface area contributed by atoms with Crippen LogP contribution in [0.4, 0.5) is 9.59 Å². The summed E-state index contributed by atoms with van der Waals surface area (Å²) in [5, 5.41) is 8.70. The number of carbonyl (C=O) groups is 2. The Bertz CT molecular complexity index is 221. The summed E-state index contributed by atoms with van der Waals surface area (Å²) < 4.78 is 4.53. The van der Waals surface area contributed by atoms with Crippen LogP contribution in [0.15, 0.2) is 0 Å². The average Bonchev–Trinajstić information content (AvgIpc) is 2.47. The standard InChI is InChI=1S/C7H10ClNO4/c8-6(10)13-4-5-2-1-3-9(5)7(11)12/h5H,1-4H2,(H,11,12)/t5-/m0/s1. The molecule has 0 radical (unpaired) electrons. The van der Waals surface area contributed by atoms with E-state index in [2.05, 4.69) is 4.74 Å². The van der Waals surface area contributed by atoms with E-state index in [9.17, 15) is 9.59 Å². The smallest absolute Gasteiger partial charge is 0.407 e. The van der Waals surface area contributed by atoms with Crippen molar-refractivity contribution in [2.45, 2.75) is 18.9 Å². The van der Waals surface area contributed by atoms with E-state index in [1.54, 1.807) is 0 Å². The molecule has 13 heavy (non-hydrogen) atoms. The van der Waals surface area contributed by atoms with E-state index in [0.717, 1.165) is 12.8 Å². The molecule has 1 fully saturated rings. The van der Waals surface area contributed by atoms with Gasteiger partial charge < -0.3 is 14.7 Å². The summed E-state index contributed by atoms with van der Waals surface area (Å²) >= 11 is 4.96. The van der Waals surface area contributed by atoms with Gasteiger partial charge in [0.2, 0.25) is 0 Å². The molecule has 1 atom stereocenters. The minimum absolute atomic E-state index is 0.0502. The third kappa shape index (κ3) is 2.77. The molecule has 1 aliphatic rings. The van der Waals surface area contributed by atoms with Gasteiger partial charge in [-0.15, -0.1) is 0 Å². The molecule has 1 aliphatic heterocycles. The second-order valence-electron chi connectivity index (χ2n) is 2.82. The molecule has 5 nitrogen and oxygen atoms in total. The molecule has 1 amide bonds. The zero-order valence-corrected chi connectivity index (χ0v) is 7.66. The van der Waals surface area contributed by atoms with Gasteiger partial charge in [-0.05, 0) is 12.8 Å². The van der Waals surface area contributed by atoms with E-state index in [1.165, 1.54) is 4.90 Å². The van der Waals surface area contributed by atoms with Crippen LogP contribution in [0.3, 0.4) is 0 Å². The number of carboxylic acid groups (broad SMARTS) is 1. The number of carbonyl (C=O) groups excluding carboxylic acids is 1. The van der Waals surface area contributed by atoms with Gasteiger partial charge in [-0.3, -0.25) is 0 Å². The van der Waals surface area contributed by atoms with E-state index >= 15 is 0 Å². The van der Waals surface area contributed by atoms with Crippen LogP contribution in [0, 0.1) is 0 Å². The van der Waals surface area contributed by atoms with Gasteiger partial charge in [-0.2, -0.15) is 0 Å². The zero-order valence-electron chi connectivity index (χ0n) is 6.90. The van der Waals surface area contributed by atoms with Crippen molar-refractivity contribution in [2.24, 2.45) is 0 Å². The molecular formula is C7H10ClNO4. The topological polar surface area (TPSA) is 66.8 Å². The summed E-state index contributed by atoms with van der Waals surface area (Å²) in [6, 6.07) is -0.236. The molecule has 1 heterocycles. The summed E-state index contributed by atoms with van der Waals surface area (Å²) in [7, 11) is 0. The highest BCUT2D eigenvalue weighted by Crippen LogP contribution is 2.17.